The smallest absolute Gasteiger partial charge is 0.338 e. The van der Waals surface area contributed by atoms with Gasteiger partial charge in [0.05, 0.1) is 22.3 Å². The Morgan fingerprint density at radius 1 is 0.596 bits per heavy atom. The highest BCUT2D eigenvalue weighted by molar-refractivity contribution is 8.14. The van der Waals surface area contributed by atoms with Crippen LogP contribution in [0.15, 0.2) is 121 Å². The Hall–Kier alpha value is -5.26. The molecule has 0 bridgehead atoms. The van der Waals surface area contributed by atoms with Gasteiger partial charge in [-0.15, -0.1) is 0 Å². The monoisotopic (exact) mass is 654 g/mol. The Balaban J connectivity index is 1.51. The number of rotatable bonds is 11. The molecule has 0 N–H and O–H groups in total. The third-order valence-electron chi connectivity index (χ3n) is 7.02. The summed E-state index contributed by atoms with van der Waals surface area (Å²) in [5, 5.41) is -0.377. The summed E-state index contributed by atoms with van der Waals surface area (Å²) in [6.07, 6.45) is -5.46. The van der Waals surface area contributed by atoms with Gasteiger partial charge in [0, 0.05) is 6.92 Å². The molecule has 4 aromatic rings. The summed E-state index contributed by atoms with van der Waals surface area (Å²) in [5.41, 5.74) is -0.333. The van der Waals surface area contributed by atoms with Crippen LogP contribution in [0.25, 0.3) is 0 Å². The van der Waals surface area contributed by atoms with E-state index in [1.807, 2.05) is 0 Å². The molecule has 0 aliphatic carbocycles. The molecule has 4 aromatic carbocycles. The van der Waals surface area contributed by atoms with Crippen molar-refractivity contribution in [3.63, 3.8) is 0 Å². The standard InChI is InChI=1S/C36H30O10S/c1-23(37)47-36-31(45-35(41)27-20-12-5-13-21-27)30(44-34(40)26-18-10-4-11-19-26)29(46-36)28(43-33(39)25-16-8-3-9-17-25)22-42-32(38)24-14-6-2-7-15-24/h2-21,28-31,36H,22H2,1H3/t28-,29+,30+,31-,36+/m1/s1. The molecule has 1 fully saturated rings. The molecule has 1 aliphatic rings. The van der Waals surface area contributed by atoms with Gasteiger partial charge in [0.15, 0.2) is 28.9 Å². The first kappa shape index (κ1) is 33.1. The Kier molecular flexibility index (Phi) is 11.2. The van der Waals surface area contributed by atoms with Gasteiger partial charge < -0.3 is 23.7 Å². The Bertz CT molecular complexity index is 1680. The van der Waals surface area contributed by atoms with Crippen molar-refractivity contribution in [1.82, 2.24) is 0 Å². The maximum absolute atomic E-state index is 13.4. The lowest BCUT2D eigenvalue weighted by Crippen LogP contribution is -2.47. The summed E-state index contributed by atoms with van der Waals surface area (Å²) in [5.74, 6) is -3.02. The van der Waals surface area contributed by atoms with E-state index in [9.17, 15) is 24.0 Å². The van der Waals surface area contributed by atoms with E-state index in [1.54, 1.807) is 97.1 Å². The van der Waals surface area contributed by atoms with Crippen molar-refractivity contribution in [1.29, 1.82) is 0 Å². The molecule has 1 aliphatic heterocycles. The van der Waals surface area contributed by atoms with Crippen molar-refractivity contribution in [2.75, 3.05) is 6.61 Å². The molecule has 1 saturated heterocycles. The lowest BCUT2D eigenvalue weighted by Gasteiger charge is -2.28. The molecule has 0 radical (unpaired) electrons. The van der Waals surface area contributed by atoms with Crippen LogP contribution in [0.1, 0.15) is 48.4 Å². The molecule has 1 heterocycles. The number of esters is 4. The van der Waals surface area contributed by atoms with Gasteiger partial charge in [0.2, 0.25) is 0 Å². The second kappa shape index (κ2) is 15.8. The molecule has 240 valence electrons. The minimum absolute atomic E-state index is 0.190. The molecule has 0 amide bonds. The molecule has 5 atom stereocenters. The second-order valence-electron chi connectivity index (χ2n) is 10.3. The summed E-state index contributed by atoms with van der Waals surface area (Å²) in [7, 11) is 0. The Morgan fingerprint density at radius 3 is 1.45 bits per heavy atom. The van der Waals surface area contributed by atoms with Crippen LogP contribution in [0.3, 0.4) is 0 Å². The van der Waals surface area contributed by atoms with E-state index in [-0.39, 0.29) is 27.4 Å². The predicted molar refractivity (Wildman–Crippen MR) is 171 cm³/mol. The Labute approximate surface area is 274 Å². The normalized spacial score (nSPS) is 19.2. The van der Waals surface area contributed by atoms with E-state index in [0.717, 1.165) is 0 Å². The van der Waals surface area contributed by atoms with Crippen molar-refractivity contribution in [2.24, 2.45) is 0 Å². The maximum Gasteiger partial charge on any atom is 0.338 e. The fourth-order valence-electron chi connectivity index (χ4n) is 4.79. The molecular weight excluding hydrogens is 624 g/mol. The first-order valence-corrected chi connectivity index (χ1v) is 15.5. The maximum atomic E-state index is 13.4. The van der Waals surface area contributed by atoms with Crippen molar-refractivity contribution in [3.8, 4) is 0 Å². The van der Waals surface area contributed by atoms with Crippen molar-refractivity contribution < 1.29 is 47.7 Å². The molecular formula is C36H30O10S. The molecule has 0 aromatic heterocycles. The van der Waals surface area contributed by atoms with E-state index >= 15 is 0 Å². The average Bonchev–Trinajstić information content (AvgIpc) is 3.42. The summed E-state index contributed by atoms with van der Waals surface area (Å²) >= 11 is 0.714. The molecule has 11 heteroatoms. The number of thioether (sulfide) groups is 1. The van der Waals surface area contributed by atoms with Gasteiger partial charge in [-0.25, -0.2) is 19.2 Å². The van der Waals surface area contributed by atoms with Crippen LogP contribution in [0, 0.1) is 0 Å². The lowest BCUT2D eigenvalue weighted by atomic mass is 10.1. The van der Waals surface area contributed by atoms with Gasteiger partial charge in [0.25, 0.3) is 0 Å². The number of hydrogen-bond donors (Lipinski definition) is 0. The minimum atomic E-state index is -1.41. The average molecular weight is 655 g/mol. The first-order chi connectivity index (χ1) is 22.8. The summed E-state index contributed by atoms with van der Waals surface area (Å²) in [6.45, 7) is 0.782. The van der Waals surface area contributed by atoms with Crippen LogP contribution >= 0.6 is 11.8 Å². The van der Waals surface area contributed by atoms with Crippen LogP contribution in [0.5, 0.6) is 0 Å². The van der Waals surface area contributed by atoms with Crippen LogP contribution < -0.4 is 0 Å². The van der Waals surface area contributed by atoms with Crippen LogP contribution in [0.4, 0.5) is 0 Å². The van der Waals surface area contributed by atoms with Gasteiger partial charge in [-0.1, -0.05) is 84.6 Å². The minimum Gasteiger partial charge on any atom is -0.458 e. The molecule has 0 spiro atoms. The van der Waals surface area contributed by atoms with Crippen molar-refractivity contribution in [3.05, 3.63) is 144 Å². The lowest BCUT2D eigenvalue weighted by molar-refractivity contribution is -0.109. The quantitative estimate of drug-likeness (QED) is 0.150. The number of benzene rings is 4. The SMILES string of the molecule is CC(=O)S[C@@H]1O[C@@H]([C@@H](COC(=O)c2ccccc2)OC(=O)c2ccccc2)[C@H](OC(=O)c2ccccc2)[C@H]1OC(=O)c1ccccc1. The highest BCUT2D eigenvalue weighted by Gasteiger charge is 2.54. The molecule has 47 heavy (non-hydrogen) atoms. The fraction of sp³-hybridized carbons (Fsp3) is 0.194. The van der Waals surface area contributed by atoms with E-state index in [2.05, 4.69) is 0 Å². The van der Waals surface area contributed by atoms with Gasteiger partial charge in [-0.05, 0) is 48.5 Å². The van der Waals surface area contributed by atoms with Crippen LogP contribution in [-0.2, 0) is 28.5 Å². The zero-order chi connectivity index (χ0) is 33.2. The highest BCUT2D eigenvalue weighted by atomic mass is 32.2. The van der Waals surface area contributed by atoms with Crippen molar-refractivity contribution >= 4 is 40.8 Å². The topological polar surface area (TPSA) is 132 Å². The zero-order valence-electron chi connectivity index (χ0n) is 25.1. The first-order valence-electron chi connectivity index (χ1n) is 14.6. The number of ether oxygens (including phenoxy) is 5. The molecule has 10 nitrogen and oxygen atoms in total. The molecule has 5 rings (SSSR count). The molecule has 0 saturated carbocycles. The van der Waals surface area contributed by atoms with E-state index < -0.39 is 60.3 Å². The third-order valence-corrected chi connectivity index (χ3v) is 7.96. The zero-order valence-corrected chi connectivity index (χ0v) is 25.9. The third kappa shape index (κ3) is 8.72. The number of hydrogen-bond acceptors (Lipinski definition) is 11. The van der Waals surface area contributed by atoms with Gasteiger partial charge in [-0.3, -0.25) is 4.79 Å². The van der Waals surface area contributed by atoms with E-state index in [1.165, 1.54) is 31.2 Å². The summed E-state index contributed by atoms with van der Waals surface area (Å²) in [4.78, 5) is 65.3. The van der Waals surface area contributed by atoms with Crippen LogP contribution in [0.2, 0.25) is 0 Å². The number of carbonyl (C=O) groups excluding carboxylic acids is 5. The summed E-state index contributed by atoms with van der Waals surface area (Å²) < 4.78 is 29.4. The predicted octanol–water partition coefficient (Wildman–Crippen LogP) is 5.52. The van der Waals surface area contributed by atoms with Gasteiger partial charge in [0.1, 0.15) is 12.7 Å². The second-order valence-corrected chi connectivity index (χ2v) is 11.6. The Morgan fingerprint density at radius 2 is 1.00 bits per heavy atom. The highest BCUT2D eigenvalue weighted by Crippen LogP contribution is 2.37. The fourth-order valence-corrected chi connectivity index (χ4v) is 5.64. The van der Waals surface area contributed by atoms with E-state index in [4.69, 9.17) is 23.7 Å². The van der Waals surface area contributed by atoms with Gasteiger partial charge >= 0.3 is 23.9 Å². The van der Waals surface area contributed by atoms with E-state index in [0.29, 0.717) is 11.8 Å². The summed E-state index contributed by atoms with van der Waals surface area (Å²) in [6, 6.07) is 32.5. The largest absolute Gasteiger partial charge is 0.458 e. The number of carbonyl (C=O) groups is 5. The van der Waals surface area contributed by atoms with Gasteiger partial charge in [-0.2, -0.15) is 0 Å². The molecule has 0 unspecified atom stereocenters. The van der Waals surface area contributed by atoms with Crippen LogP contribution in [-0.4, -0.2) is 65.5 Å². The van der Waals surface area contributed by atoms with Crippen molar-refractivity contribution in [2.45, 2.75) is 36.8 Å².